The number of benzene rings is 2. The van der Waals surface area contributed by atoms with Crippen molar-refractivity contribution in [3.63, 3.8) is 0 Å². The van der Waals surface area contributed by atoms with Gasteiger partial charge < -0.3 is 20.9 Å². The van der Waals surface area contributed by atoms with E-state index < -0.39 is 0 Å². The lowest BCUT2D eigenvalue weighted by molar-refractivity contribution is 0.0979. The predicted octanol–water partition coefficient (Wildman–Crippen LogP) is 1.64. The summed E-state index contributed by atoms with van der Waals surface area (Å²) in [5, 5.41) is 0. The van der Waals surface area contributed by atoms with Crippen molar-refractivity contribution in [1.29, 1.82) is 0 Å². The number of anilines is 2. The van der Waals surface area contributed by atoms with Crippen molar-refractivity contribution in [3.8, 4) is 11.5 Å². The van der Waals surface area contributed by atoms with E-state index in [1.165, 1.54) is 38.5 Å². The van der Waals surface area contributed by atoms with Crippen LogP contribution in [0.2, 0.25) is 0 Å². The van der Waals surface area contributed by atoms with Gasteiger partial charge in [-0.1, -0.05) is 0 Å². The number of carbonyl (C=O) groups excluding carboxylic acids is 2. The van der Waals surface area contributed by atoms with E-state index in [-0.39, 0.29) is 45.2 Å². The summed E-state index contributed by atoms with van der Waals surface area (Å²) in [7, 11) is 2.92. The zero-order chi connectivity index (χ0) is 16.0. The van der Waals surface area contributed by atoms with E-state index in [0.29, 0.717) is 11.5 Å². The Kier molecular flexibility index (Phi) is 3.02. The van der Waals surface area contributed by atoms with Crippen LogP contribution in [0.25, 0.3) is 0 Å². The number of hydrogen-bond donors (Lipinski definition) is 2. The molecule has 4 N–H and O–H groups in total. The molecular formula is C16H14N2O4. The molecule has 2 aromatic rings. The lowest BCUT2D eigenvalue weighted by Gasteiger charge is -2.21. The minimum Gasteiger partial charge on any atom is -0.493 e. The molecular weight excluding hydrogens is 284 g/mol. The lowest BCUT2D eigenvalue weighted by atomic mass is 9.82. The largest absolute Gasteiger partial charge is 0.493 e. The van der Waals surface area contributed by atoms with Gasteiger partial charge in [-0.05, 0) is 24.3 Å². The van der Waals surface area contributed by atoms with E-state index in [1.54, 1.807) is 0 Å². The molecule has 6 heteroatoms. The summed E-state index contributed by atoms with van der Waals surface area (Å²) in [5.74, 6) is 0.0346. The van der Waals surface area contributed by atoms with Crippen LogP contribution in [0.15, 0.2) is 24.3 Å². The van der Waals surface area contributed by atoms with Gasteiger partial charge in [0, 0.05) is 22.5 Å². The molecule has 0 unspecified atom stereocenters. The maximum Gasteiger partial charge on any atom is 0.196 e. The quantitative estimate of drug-likeness (QED) is 0.697. The molecule has 0 heterocycles. The average molecular weight is 298 g/mol. The molecule has 112 valence electrons. The van der Waals surface area contributed by atoms with Crippen LogP contribution in [0.3, 0.4) is 0 Å². The molecule has 0 fully saturated rings. The van der Waals surface area contributed by atoms with Gasteiger partial charge in [-0.25, -0.2) is 0 Å². The highest BCUT2D eigenvalue weighted by molar-refractivity contribution is 6.31. The molecule has 0 aliphatic heterocycles. The Labute approximate surface area is 126 Å². The highest BCUT2D eigenvalue weighted by Gasteiger charge is 2.34. The lowest BCUT2D eigenvalue weighted by Crippen LogP contribution is -2.24. The van der Waals surface area contributed by atoms with Crippen molar-refractivity contribution in [2.75, 3.05) is 25.7 Å². The summed E-state index contributed by atoms with van der Waals surface area (Å²) in [6.07, 6.45) is 0. The second-order valence-electron chi connectivity index (χ2n) is 4.91. The number of rotatable bonds is 2. The van der Waals surface area contributed by atoms with Gasteiger partial charge in [0.15, 0.2) is 23.1 Å². The Hall–Kier alpha value is -3.02. The predicted molar refractivity (Wildman–Crippen MR) is 81.7 cm³/mol. The number of ether oxygens (including phenoxy) is 2. The molecule has 1 aliphatic rings. The molecule has 0 radical (unpaired) electrons. The van der Waals surface area contributed by atoms with Gasteiger partial charge in [0.2, 0.25) is 0 Å². The first-order chi connectivity index (χ1) is 10.5. The van der Waals surface area contributed by atoms with Crippen molar-refractivity contribution in [3.05, 3.63) is 46.5 Å². The number of hydrogen-bond acceptors (Lipinski definition) is 6. The van der Waals surface area contributed by atoms with Gasteiger partial charge in [0.25, 0.3) is 0 Å². The van der Waals surface area contributed by atoms with Crippen LogP contribution in [0, 0.1) is 0 Å². The van der Waals surface area contributed by atoms with E-state index in [1.807, 2.05) is 0 Å². The topological polar surface area (TPSA) is 105 Å². The van der Waals surface area contributed by atoms with Crippen LogP contribution in [0.5, 0.6) is 11.5 Å². The van der Waals surface area contributed by atoms with E-state index >= 15 is 0 Å². The van der Waals surface area contributed by atoms with Gasteiger partial charge >= 0.3 is 0 Å². The van der Waals surface area contributed by atoms with E-state index in [2.05, 4.69) is 0 Å². The first kappa shape index (κ1) is 13.9. The fraction of sp³-hybridized carbons (Fsp3) is 0.125. The van der Waals surface area contributed by atoms with Crippen molar-refractivity contribution in [2.24, 2.45) is 0 Å². The Morgan fingerprint density at radius 3 is 1.45 bits per heavy atom. The van der Waals surface area contributed by atoms with E-state index in [9.17, 15) is 9.59 Å². The zero-order valence-electron chi connectivity index (χ0n) is 12.1. The zero-order valence-corrected chi connectivity index (χ0v) is 12.1. The van der Waals surface area contributed by atoms with Crippen LogP contribution in [-0.4, -0.2) is 25.8 Å². The summed E-state index contributed by atoms with van der Waals surface area (Å²) in [5.41, 5.74) is 12.9. The Morgan fingerprint density at radius 1 is 0.773 bits per heavy atom. The second kappa shape index (κ2) is 4.77. The van der Waals surface area contributed by atoms with Crippen molar-refractivity contribution in [2.45, 2.75) is 0 Å². The Balaban J connectivity index is 2.34. The van der Waals surface area contributed by atoms with Gasteiger partial charge in [0.1, 0.15) is 0 Å². The van der Waals surface area contributed by atoms with Crippen molar-refractivity contribution in [1.82, 2.24) is 0 Å². The van der Waals surface area contributed by atoms with Crippen LogP contribution in [0.4, 0.5) is 11.4 Å². The van der Waals surface area contributed by atoms with E-state index in [4.69, 9.17) is 20.9 Å². The van der Waals surface area contributed by atoms with Crippen molar-refractivity contribution < 1.29 is 19.1 Å². The van der Waals surface area contributed by atoms with Crippen LogP contribution >= 0.6 is 0 Å². The standard InChI is InChI=1S/C16H14N2O4/c1-21-11-5-7-8(6-12(11)22-2)16(20)14-10(18)4-3-9(17)13(14)15(7)19/h3-6H,17-18H2,1-2H3. The fourth-order valence-corrected chi connectivity index (χ4v) is 2.65. The van der Waals surface area contributed by atoms with Gasteiger partial charge in [0.05, 0.1) is 25.3 Å². The number of nitrogen functional groups attached to an aromatic ring is 2. The fourth-order valence-electron chi connectivity index (χ4n) is 2.65. The third-order valence-corrected chi connectivity index (χ3v) is 3.74. The summed E-state index contributed by atoms with van der Waals surface area (Å²) < 4.78 is 10.4. The number of methoxy groups -OCH3 is 2. The smallest absolute Gasteiger partial charge is 0.196 e. The second-order valence-corrected chi connectivity index (χ2v) is 4.91. The van der Waals surface area contributed by atoms with Crippen LogP contribution in [-0.2, 0) is 0 Å². The first-order valence-electron chi connectivity index (χ1n) is 6.53. The van der Waals surface area contributed by atoms with Crippen molar-refractivity contribution >= 4 is 22.9 Å². The molecule has 0 amide bonds. The number of nitrogens with two attached hydrogens (primary N) is 2. The number of carbonyl (C=O) groups is 2. The molecule has 3 rings (SSSR count). The average Bonchev–Trinajstić information content (AvgIpc) is 2.53. The third kappa shape index (κ3) is 1.74. The molecule has 0 saturated heterocycles. The van der Waals surface area contributed by atoms with Crippen LogP contribution in [0.1, 0.15) is 31.8 Å². The van der Waals surface area contributed by atoms with Gasteiger partial charge in [-0.15, -0.1) is 0 Å². The minimum absolute atomic E-state index is 0.143. The molecule has 0 spiro atoms. The number of ketones is 2. The summed E-state index contributed by atoms with van der Waals surface area (Å²) in [4.78, 5) is 25.4. The van der Waals surface area contributed by atoms with E-state index in [0.717, 1.165) is 0 Å². The Bertz CT molecular complexity index is 759. The molecule has 0 saturated carbocycles. The van der Waals surface area contributed by atoms with Crippen LogP contribution < -0.4 is 20.9 Å². The molecule has 22 heavy (non-hydrogen) atoms. The molecule has 0 bridgehead atoms. The molecule has 2 aromatic carbocycles. The summed E-state index contributed by atoms with van der Waals surface area (Å²) in [6.45, 7) is 0. The monoisotopic (exact) mass is 298 g/mol. The normalized spacial score (nSPS) is 12.6. The highest BCUT2D eigenvalue weighted by Crippen LogP contribution is 2.39. The maximum absolute atomic E-state index is 12.7. The highest BCUT2D eigenvalue weighted by atomic mass is 16.5. The third-order valence-electron chi connectivity index (χ3n) is 3.74. The Morgan fingerprint density at radius 2 is 1.14 bits per heavy atom. The maximum atomic E-state index is 12.7. The first-order valence-corrected chi connectivity index (χ1v) is 6.53. The summed E-state index contributed by atoms with van der Waals surface area (Å²) in [6, 6.07) is 6.01. The van der Waals surface area contributed by atoms with Gasteiger partial charge in [-0.3, -0.25) is 9.59 Å². The molecule has 6 nitrogen and oxygen atoms in total. The van der Waals surface area contributed by atoms with Gasteiger partial charge in [-0.2, -0.15) is 0 Å². The summed E-state index contributed by atoms with van der Waals surface area (Å²) >= 11 is 0. The molecule has 0 atom stereocenters. The molecule has 1 aliphatic carbocycles. The SMILES string of the molecule is COc1cc2c(cc1OC)C(=O)c1c(N)ccc(N)c1C2=O. The number of fused-ring (bicyclic) bond motifs is 2. The molecule has 0 aromatic heterocycles. The minimum atomic E-state index is -0.352.